The summed E-state index contributed by atoms with van der Waals surface area (Å²) in [6.45, 7) is 2.40. The molecule has 0 aliphatic heterocycles. The first-order valence-corrected chi connectivity index (χ1v) is 4.99. The van der Waals surface area contributed by atoms with Crippen molar-refractivity contribution in [1.29, 1.82) is 0 Å². The van der Waals surface area contributed by atoms with E-state index in [-0.39, 0.29) is 5.91 Å². The first-order valence-electron chi connectivity index (χ1n) is 4.99. The van der Waals surface area contributed by atoms with Gasteiger partial charge in [-0.05, 0) is 31.2 Å². The lowest BCUT2D eigenvalue weighted by Crippen LogP contribution is -2.07. The molecule has 0 saturated heterocycles. The van der Waals surface area contributed by atoms with Crippen molar-refractivity contribution in [2.45, 2.75) is 6.92 Å². The molecule has 0 saturated carbocycles. The molecule has 0 heterocycles. The summed E-state index contributed by atoms with van der Waals surface area (Å²) in [6.07, 6.45) is 2.71. The van der Waals surface area contributed by atoms with Crippen LogP contribution in [-0.2, 0) is 9.53 Å². The van der Waals surface area contributed by atoms with Gasteiger partial charge in [0.15, 0.2) is 0 Å². The van der Waals surface area contributed by atoms with E-state index in [1.165, 1.54) is 12.3 Å². The summed E-state index contributed by atoms with van der Waals surface area (Å²) in [7, 11) is 1.60. The molecule has 86 valence electrons. The number of hydrogen-bond acceptors (Lipinski definition) is 3. The van der Waals surface area contributed by atoms with Gasteiger partial charge in [-0.1, -0.05) is 0 Å². The van der Waals surface area contributed by atoms with Crippen LogP contribution in [0.4, 0.5) is 5.69 Å². The minimum Gasteiger partial charge on any atom is -0.501 e. The fourth-order valence-corrected chi connectivity index (χ4v) is 1.06. The smallest absolute Gasteiger partial charge is 0.251 e. The van der Waals surface area contributed by atoms with E-state index in [1.807, 2.05) is 6.92 Å². The predicted octanol–water partition coefficient (Wildman–Crippen LogP) is 2.18. The Labute approximate surface area is 94.9 Å². The zero-order valence-corrected chi connectivity index (χ0v) is 9.40. The molecule has 0 radical (unpaired) electrons. The van der Waals surface area contributed by atoms with Gasteiger partial charge in [-0.25, -0.2) is 0 Å². The molecule has 1 rings (SSSR count). The summed E-state index contributed by atoms with van der Waals surface area (Å²) in [5, 5.41) is 2.69. The summed E-state index contributed by atoms with van der Waals surface area (Å²) in [6, 6.07) is 7.10. The maximum absolute atomic E-state index is 11.3. The zero-order chi connectivity index (χ0) is 11.8. The number of anilines is 1. The predicted molar refractivity (Wildman–Crippen MR) is 62.4 cm³/mol. The van der Waals surface area contributed by atoms with E-state index in [9.17, 15) is 4.79 Å². The van der Waals surface area contributed by atoms with E-state index in [4.69, 9.17) is 9.47 Å². The zero-order valence-electron chi connectivity index (χ0n) is 9.40. The molecule has 0 spiro atoms. The highest BCUT2D eigenvalue weighted by Gasteiger charge is 1.97. The maximum atomic E-state index is 11.3. The molecule has 1 N–H and O–H groups in total. The fraction of sp³-hybridized carbons (Fsp3) is 0.250. The van der Waals surface area contributed by atoms with Gasteiger partial charge < -0.3 is 14.8 Å². The SMILES string of the molecule is CCO/C=C/C(=O)Nc1ccc(OC)cc1. The van der Waals surface area contributed by atoms with Gasteiger partial charge in [0.2, 0.25) is 0 Å². The van der Waals surface area contributed by atoms with Crippen LogP contribution in [0, 0.1) is 0 Å². The van der Waals surface area contributed by atoms with Crippen molar-refractivity contribution in [1.82, 2.24) is 0 Å². The van der Waals surface area contributed by atoms with Gasteiger partial charge in [-0.15, -0.1) is 0 Å². The lowest BCUT2D eigenvalue weighted by molar-refractivity contribution is -0.112. The van der Waals surface area contributed by atoms with E-state index in [2.05, 4.69) is 5.32 Å². The highest BCUT2D eigenvalue weighted by atomic mass is 16.5. The molecule has 4 nitrogen and oxygen atoms in total. The monoisotopic (exact) mass is 221 g/mol. The largest absolute Gasteiger partial charge is 0.501 e. The minimum absolute atomic E-state index is 0.224. The fourth-order valence-electron chi connectivity index (χ4n) is 1.06. The number of ether oxygens (including phenoxy) is 2. The third-order valence-corrected chi connectivity index (χ3v) is 1.84. The molecule has 0 aliphatic rings. The molecular weight excluding hydrogens is 206 g/mol. The van der Waals surface area contributed by atoms with Crippen LogP contribution in [0.15, 0.2) is 36.6 Å². The van der Waals surface area contributed by atoms with Gasteiger partial charge in [0.05, 0.1) is 20.0 Å². The molecule has 0 aromatic heterocycles. The first-order chi connectivity index (χ1) is 7.76. The molecule has 0 unspecified atom stereocenters. The second kappa shape index (κ2) is 6.50. The molecule has 0 atom stereocenters. The van der Waals surface area contributed by atoms with E-state index in [1.54, 1.807) is 31.4 Å². The van der Waals surface area contributed by atoms with Crippen LogP contribution >= 0.6 is 0 Å². The van der Waals surface area contributed by atoms with Gasteiger partial charge >= 0.3 is 0 Å². The minimum atomic E-state index is -0.224. The average molecular weight is 221 g/mol. The summed E-state index contributed by atoms with van der Waals surface area (Å²) in [5.74, 6) is 0.529. The van der Waals surface area contributed by atoms with Gasteiger partial charge in [-0.2, -0.15) is 0 Å². The Kier molecular flexibility index (Phi) is 4.92. The van der Waals surface area contributed by atoms with Crippen molar-refractivity contribution in [2.24, 2.45) is 0 Å². The van der Waals surface area contributed by atoms with E-state index >= 15 is 0 Å². The van der Waals surface area contributed by atoms with E-state index < -0.39 is 0 Å². The van der Waals surface area contributed by atoms with Crippen molar-refractivity contribution < 1.29 is 14.3 Å². The van der Waals surface area contributed by atoms with Crippen molar-refractivity contribution in [3.05, 3.63) is 36.6 Å². The summed E-state index contributed by atoms with van der Waals surface area (Å²) in [5.41, 5.74) is 0.715. The topological polar surface area (TPSA) is 47.6 Å². The Hall–Kier alpha value is -1.97. The van der Waals surface area contributed by atoms with Gasteiger partial charge in [-0.3, -0.25) is 4.79 Å². The standard InChI is InChI=1S/C12H15NO3/c1-3-16-9-8-12(14)13-10-4-6-11(15-2)7-5-10/h4-9H,3H2,1-2H3,(H,13,14)/b9-8+. The average Bonchev–Trinajstić information content (AvgIpc) is 2.30. The second-order valence-electron chi connectivity index (χ2n) is 2.98. The Morgan fingerprint density at radius 3 is 2.62 bits per heavy atom. The molecule has 0 fully saturated rings. The van der Waals surface area contributed by atoms with Crippen LogP contribution in [0.2, 0.25) is 0 Å². The summed E-state index contributed by atoms with van der Waals surface area (Å²) < 4.78 is 9.92. The van der Waals surface area contributed by atoms with Gasteiger partial charge in [0, 0.05) is 11.8 Å². The maximum Gasteiger partial charge on any atom is 0.251 e. The van der Waals surface area contributed by atoms with Crippen molar-refractivity contribution >= 4 is 11.6 Å². The molecule has 4 heteroatoms. The number of carbonyl (C=O) groups is 1. The van der Waals surface area contributed by atoms with Crippen LogP contribution in [0.1, 0.15) is 6.92 Å². The number of carbonyl (C=O) groups excluding carboxylic acids is 1. The molecule has 1 aromatic carbocycles. The molecule has 0 bridgehead atoms. The number of benzene rings is 1. The van der Waals surface area contributed by atoms with Crippen molar-refractivity contribution in [2.75, 3.05) is 19.0 Å². The molecule has 16 heavy (non-hydrogen) atoms. The highest BCUT2D eigenvalue weighted by Crippen LogP contribution is 2.14. The summed E-state index contributed by atoms with van der Waals surface area (Å²) in [4.78, 5) is 11.3. The highest BCUT2D eigenvalue weighted by molar-refractivity contribution is 5.99. The van der Waals surface area contributed by atoms with E-state index in [0.29, 0.717) is 12.3 Å². The third kappa shape index (κ3) is 4.04. The summed E-state index contributed by atoms with van der Waals surface area (Å²) >= 11 is 0. The van der Waals surface area contributed by atoms with Crippen LogP contribution < -0.4 is 10.1 Å². The lowest BCUT2D eigenvalue weighted by Gasteiger charge is -2.03. The second-order valence-corrected chi connectivity index (χ2v) is 2.98. The van der Waals surface area contributed by atoms with Crippen LogP contribution in [0.5, 0.6) is 5.75 Å². The van der Waals surface area contributed by atoms with E-state index in [0.717, 1.165) is 5.75 Å². The Morgan fingerprint density at radius 2 is 2.06 bits per heavy atom. The number of nitrogens with one attached hydrogen (secondary N) is 1. The molecule has 0 aliphatic carbocycles. The van der Waals surface area contributed by atoms with Crippen molar-refractivity contribution in [3.63, 3.8) is 0 Å². The number of amides is 1. The molecular formula is C12H15NO3. The van der Waals surface area contributed by atoms with Gasteiger partial charge in [0.1, 0.15) is 5.75 Å². The molecule has 1 amide bonds. The van der Waals surface area contributed by atoms with Crippen molar-refractivity contribution in [3.8, 4) is 5.75 Å². The molecule has 1 aromatic rings. The van der Waals surface area contributed by atoms with Crippen LogP contribution in [0.25, 0.3) is 0 Å². The Bertz CT molecular complexity index is 357. The number of rotatable bonds is 5. The quantitative estimate of drug-likeness (QED) is 0.612. The number of hydrogen-bond donors (Lipinski definition) is 1. The lowest BCUT2D eigenvalue weighted by atomic mass is 10.3. The third-order valence-electron chi connectivity index (χ3n) is 1.84. The van der Waals surface area contributed by atoms with Crippen LogP contribution in [-0.4, -0.2) is 19.6 Å². The van der Waals surface area contributed by atoms with Gasteiger partial charge in [0.25, 0.3) is 5.91 Å². The number of methoxy groups -OCH3 is 1. The normalized spacial score (nSPS) is 10.1. The Morgan fingerprint density at radius 1 is 1.38 bits per heavy atom. The first kappa shape index (κ1) is 12.1. The Balaban J connectivity index is 2.49. The van der Waals surface area contributed by atoms with Crippen LogP contribution in [0.3, 0.4) is 0 Å².